The summed E-state index contributed by atoms with van der Waals surface area (Å²) in [6.07, 6.45) is 6.94. The van der Waals surface area contributed by atoms with Gasteiger partial charge in [0.15, 0.2) is 0 Å². The smallest absolute Gasteiger partial charge is 0.243 e. The van der Waals surface area contributed by atoms with Gasteiger partial charge < -0.3 is 11.5 Å². The maximum absolute atomic E-state index is 12.2. The first-order valence-corrected chi connectivity index (χ1v) is 8.11. The lowest BCUT2D eigenvalue weighted by molar-refractivity contribution is -0.117. The number of carbonyl (C=O) groups excluding carboxylic acids is 1. The maximum Gasteiger partial charge on any atom is 0.243 e. The number of nitrogens with zero attached hydrogens (tertiary/aromatic N) is 2. The third-order valence-electron chi connectivity index (χ3n) is 3.11. The summed E-state index contributed by atoms with van der Waals surface area (Å²) < 4.78 is 0. The van der Waals surface area contributed by atoms with Gasteiger partial charge in [-0.2, -0.15) is 0 Å². The molecule has 1 aromatic heterocycles. The fraction of sp³-hybridized carbons (Fsp3) is 0.118. The molecular formula is C17H19N5OS. The molecule has 6 nitrogen and oxygen atoms in total. The molecule has 2 aromatic rings. The van der Waals surface area contributed by atoms with E-state index in [0.717, 1.165) is 11.1 Å². The highest BCUT2D eigenvalue weighted by Crippen LogP contribution is 2.23. The van der Waals surface area contributed by atoms with E-state index in [1.165, 1.54) is 17.5 Å². The van der Waals surface area contributed by atoms with Crippen LogP contribution in [0.15, 0.2) is 61.3 Å². The van der Waals surface area contributed by atoms with E-state index in [2.05, 4.69) is 22.1 Å². The molecule has 1 heterocycles. The fourth-order valence-corrected chi connectivity index (χ4v) is 2.73. The van der Waals surface area contributed by atoms with E-state index >= 15 is 0 Å². The fourth-order valence-electron chi connectivity index (χ4n) is 1.98. The van der Waals surface area contributed by atoms with Crippen molar-refractivity contribution in [1.82, 2.24) is 10.2 Å². The van der Waals surface area contributed by atoms with Gasteiger partial charge in [-0.15, -0.1) is 10.2 Å². The number of anilines is 1. The number of benzene rings is 1. The van der Waals surface area contributed by atoms with Crippen LogP contribution in [0, 0.1) is 0 Å². The first kappa shape index (κ1) is 17.6. The highest BCUT2D eigenvalue weighted by atomic mass is 32.1. The number of hydrogen-bond donors (Lipinski definition) is 3. The molecule has 0 aliphatic rings. The van der Waals surface area contributed by atoms with E-state index in [0.29, 0.717) is 16.6 Å². The zero-order valence-electron chi connectivity index (χ0n) is 13.1. The molecular weight excluding hydrogens is 322 g/mol. The normalized spacial score (nSPS) is 13.0. The van der Waals surface area contributed by atoms with E-state index < -0.39 is 6.04 Å². The van der Waals surface area contributed by atoms with Gasteiger partial charge in [0, 0.05) is 5.57 Å². The number of aromatic nitrogens is 2. The van der Waals surface area contributed by atoms with Gasteiger partial charge in [-0.1, -0.05) is 60.4 Å². The van der Waals surface area contributed by atoms with Crippen molar-refractivity contribution in [2.45, 2.75) is 12.5 Å². The summed E-state index contributed by atoms with van der Waals surface area (Å²) in [5.41, 5.74) is 13.1. The molecule has 0 aliphatic carbocycles. The minimum absolute atomic E-state index is 0.301. The molecule has 0 saturated heterocycles. The molecule has 0 bridgehead atoms. The largest absolute Gasteiger partial charge is 0.405 e. The number of hydrogen-bond acceptors (Lipinski definition) is 6. The number of nitrogens with one attached hydrogen (secondary N) is 1. The van der Waals surface area contributed by atoms with Gasteiger partial charge in [0.25, 0.3) is 0 Å². The van der Waals surface area contributed by atoms with Crippen LogP contribution < -0.4 is 16.8 Å². The van der Waals surface area contributed by atoms with Crippen LogP contribution in [0.5, 0.6) is 0 Å². The van der Waals surface area contributed by atoms with Crippen LogP contribution >= 0.6 is 11.3 Å². The average molecular weight is 341 g/mol. The van der Waals surface area contributed by atoms with Gasteiger partial charge in [-0.05, 0) is 24.3 Å². The van der Waals surface area contributed by atoms with Crippen LogP contribution in [0.2, 0.25) is 0 Å². The average Bonchev–Trinajstić information content (AvgIpc) is 3.04. The Morgan fingerprint density at radius 1 is 1.33 bits per heavy atom. The topological polar surface area (TPSA) is 107 Å². The lowest BCUT2D eigenvalue weighted by Gasteiger charge is -2.10. The van der Waals surface area contributed by atoms with Gasteiger partial charge in [-0.25, -0.2) is 0 Å². The number of carbonyl (C=O) groups is 1. The maximum atomic E-state index is 12.2. The van der Waals surface area contributed by atoms with Crippen LogP contribution in [-0.4, -0.2) is 22.1 Å². The molecule has 1 atom stereocenters. The van der Waals surface area contributed by atoms with Gasteiger partial charge >= 0.3 is 0 Å². The number of rotatable bonds is 7. The van der Waals surface area contributed by atoms with Crippen molar-refractivity contribution in [2.24, 2.45) is 11.5 Å². The SMILES string of the molecule is C=C/C=C(\C=C/N)c1nnc(NC(=O)[C@@H](N)Cc2ccccc2)s1. The Bertz CT molecular complexity index is 751. The lowest BCUT2D eigenvalue weighted by atomic mass is 10.1. The molecule has 0 unspecified atom stereocenters. The molecule has 0 saturated carbocycles. The van der Waals surface area contributed by atoms with E-state index in [4.69, 9.17) is 11.5 Å². The molecule has 24 heavy (non-hydrogen) atoms. The van der Waals surface area contributed by atoms with Gasteiger partial charge in [0.1, 0.15) is 5.01 Å². The van der Waals surface area contributed by atoms with Crippen LogP contribution in [-0.2, 0) is 11.2 Å². The molecule has 1 amide bonds. The Balaban J connectivity index is 2.02. The second-order valence-electron chi connectivity index (χ2n) is 4.91. The first-order chi connectivity index (χ1) is 11.6. The Morgan fingerprint density at radius 3 is 2.75 bits per heavy atom. The monoisotopic (exact) mass is 341 g/mol. The van der Waals surface area contributed by atoms with E-state index in [9.17, 15) is 4.79 Å². The summed E-state index contributed by atoms with van der Waals surface area (Å²) in [7, 11) is 0. The lowest BCUT2D eigenvalue weighted by Crippen LogP contribution is -2.37. The zero-order chi connectivity index (χ0) is 17.4. The molecule has 124 valence electrons. The standard InChI is InChI=1S/C17H19N5OS/c1-2-6-13(9-10-18)16-21-22-17(24-16)20-15(23)14(19)11-12-7-4-3-5-8-12/h2-10,14H,1,11,18-19H2,(H,20,22,23)/b10-9-,13-6+/t14-/m0/s1. The van der Waals surface area contributed by atoms with Crippen molar-refractivity contribution in [2.75, 3.05) is 5.32 Å². The van der Waals surface area contributed by atoms with Crippen LogP contribution in [0.25, 0.3) is 5.57 Å². The minimum Gasteiger partial charge on any atom is -0.405 e. The number of nitrogens with two attached hydrogens (primary N) is 2. The Kier molecular flexibility index (Phi) is 6.41. The Labute approximate surface area is 144 Å². The quantitative estimate of drug-likeness (QED) is 0.669. The van der Waals surface area contributed by atoms with Crippen molar-refractivity contribution in [3.63, 3.8) is 0 Å². The highest BCUT2D eigenvalue weighted by Gasteiger charge is 2.16. The first-order valence-electron chi connectivity index (χ1n) is 7.29. The summed E-state index contributed by atoms with van der Waals surface area (Å²) in [5.74, 6) is -0.301. The van der Waals surface area contributed by atoms with Crippen LogP contribution in [0.3, 0.4) is 0 Å². The second kappa shape index (κ2) is 8.76. The zero-order valence-corrected chi connectivity index (χ0v) is 13.9. The molecule has 5 N–H and O–H groups in total. The molecule has 1 aromatic carbocycles. The molecule has 0 spiro atoms. The van der Waals surface area contributed by atoms with Gasteiger partial charge in [0.05, 0.1) is 6.04 Å². The van der Waals surface area contributed by atoms with Crippen LogP contribution in [0.4, 0.5) is 5.13 Å². The van der Waals surface area contributed by atoms with E-state index in [-0.39, 0.29) is 5.91 Å². The third kappa shape index (κ3) is 4.87. The molecule has 0 fully saturated rings. The number of amides is 1. The van der Waals surface area contributed by atoms with Crippen molar-refractivity contribution in [3.05, 3.63) is 71.9 Å². The number of allylic oxidation sites excluding steroid dienone is 4. The third-order valence-corrected chi connectivity index (χ3v) is 4.00. The molecule has 0 aliphatic heterocycles. The van der Waals surface area contributed by atoms with Crippen molar-refractivity contribution in [1.29, 1.82) is 0 Å². The summed E-state index contributed by atoms with van der Waals surface area (Å²) in [5, 5.41) is 11.7. The Morgan fingerprint density at radius 2 is 2.08 bits per heavy atom. The van der Waals surface area contributed by atoms with Gasteiger partial charge in [-0.3, -0.25) is 10.1 Å². The summed E-state index contributed by atoms with van der Waals surface area (Å²) in [6.45, 7) is 3.65. The predicted octanol–water partition coefficient (Wildman–Crippen LogP) is 2.09. The summed E-state index contributed by atoms with van der Waals surface area (Å²) in [6, 6.07) is 8.95. The van der Waals surface area contributed by atoms with Crippen molar-refractivity contribution >= 4 is 27.9 Å². The molecule has 7 heteroatoms. The van der Waals surface area contributed by atoms with E-state index in [1.54, 1.807) is 18.2 Å². The second-order valence-corrected chi connectivity index (χ2v) is 5.89. The van der Waals surface area contributed by atoms with Crippen LogP contribution in [0.1, 0.15) is 10.6 Å². The Hall–Kier alpha value is -2.77. The summed E-state index contributed by atoms with van der Waals surface area (Å²) in [4.78, 5) is 12.2. The molecule has 0 radical (unpaired) electrons. The van der Waals surface area contributed by atoms with Crippen molar-refractivity contribution in [3.8, 4) is 0 Å². The molecule has 2 rings (SSSR count). The highest BCUT2D eigenvalue weighted by molar-refractivity contribution is 7.16. The minimum atomic E-state index is -0.660. The summed E-state index contributed by atoms with van der Waals surface area (Å²) >= 11 is 1.24. The van der Waals surface area contributed by atoms with E-state index in [1.807, 2.05) is 30.3 Å². The predicted molar refractivity (Wildman–Crippen MR) is 98.2 cm³/mol. The van der Waals surface area contributed by atoms with Gasteiger partial charge in [0.2, 0.25) is 11.0 Å². The van der Waals surface area contributed by atoms with Crippen molar-refractivity contribution < 1.29 is 4.79 Å².